The van der Waals surface area contributed by atoms with Crippen LogP contribution in [-0.2, 0) is 21.3 Å². The molecule has 0 atom stereocenters. The van der Waals surface area contributed by atoms with Gasteiger partial charge in [-0.2, -0.15) is 4.31 Å². The molecule has 7 heteroatoms. The first-order valence-corrected chi connectivity index (χ1v) is 11.3. The summed E-state index contributed by atoms with van der Waals surface area (Å²) in [5, 5.41) is 5.14. The average molecular weight is 425 g/mol. The maximum absolute atomic E-state index is 13.0. The zero-order valence-electron chi connectivity index (χ0n) is 16.8. The Morgan fingerprint density at radius 2 is 1.73 bits per heavy atom. The van der Waals surface area contributed by atoms with Gasteiger partial charge in [0.25, 0.3) is 5.91 Å². The van der Waals surface area contributed by atoms with Gasteiger partial charge in [0.05, 0.1) is 18.1 Å². The molecule has 1 aliphatic heterocycles. The summed E-state index contributed by atoms with van der Waals surface area (Å²) >= 11 is 0. The lowest BCUT2D eigenvalue weighted by Gasteiger charge is -2.26. The molecule has 0 saturated carbocycles. The highest BCUT2D eigenvalue weighted by molar-refractivity contribution is 7.89. The average Bonchev–Trinajstić information content (AvgIpc) is 2.78. The highest BCUT2D eigenvalue weighted by Gasteiger charge is 2.28. The third kappa shape index (κ3) is 4.23. The number of nitrogens with zero attached hydrogens (tertiary/aromatic N) is 1. The molecular formula is C23H24N2O4S. The lowest BCUT2D eigenvalue weighted by molar-refractivity contribution is 0.0730. The van der Waals surface area contributed by atoms with Crippen LogP contribution >= 0.6 is 0 Å². The number of carbonyl (C=O) groups excluding carboxylic acids is 1. The Kier molecular flexibility index (Phi) is 5.85. The van der Waals surface area contributed by atoms with Gasteiger partial charge in [0, 0.05) is 25.2 Å². The number of morpholine rings is 1. The number of sulfonamides is 1. The van der Waals surface area contributed by atoms with Crippen molar-refractivity contribution in [1.82, 2.24) is 9.62 Å². The Bertz CT molecular complexity index is 1180. The van der Waals surface area contributed by atoms with Gasteiger partial charge in [-0.15, -0.1) is 0 Å². The fraction of sp³-hybridized carbons (Fsp3) is 0.261. The first-order valence-electron chi connectivity index (χ1n) is 9.89. The summed E-state index contributed by atoms with van der Waals surface area (Å²) in [5.41, 5.74) is 1.93. The van der Waals surface area contributed by atoms with Crippen LogP contribution in [0.2, 0.25) is 0 Å². The first-order chi connectivity index (χ1) is 14.4. The second-order valence-corrected chi connectivity index (χ2v) is 9.27. The molecule has 1 saturated heterocycles. The number of amides is 1. The van der Waals surface area contributed by atoms with E-state index in [1.165, 1.54) is 10.4 Å². The number of hydrogen-bond donors (Lipinski definition) is 1. The van der Waals surface area contributed by atoms with Gasteiger partial charge in [0.15, 0.2) is 0 Å². The van der Waals surface area contributed by atoms with Crippen LogP contribution < -0.4 is 5.32 Å². The molecule has 0 spiro atoms. The normalized spacial score (nSPS) is 15.2. The van der Waals surface area contributed by atoms with Crippen LogP contribution in [0, 0.1) is 6.92 Å². The summed E-state index contributed by atoms with van der Waals surface area (Å²) in [7, 11) is -3.67. The summed E-state index contributed by atoms with van der Waals surface area (Å²) in [5.74, 6) is -0.304. The molecule has 0 aliphatic carbocycles. The molecule has 156 valence electrons. The molecule has 0 aromatic heterocycles. The van der Waals surface area contributed by atoms with Gasteiger partial charge < -0.3 is 10.1 Å². The van der Waals surface area contributed by atoms with Gasteiger partial charge >= 0.3 is 0 Å². The predicted octanol–water partition coefficient (Wildman–Crippen LogP) is 3.10. The third-order valence-electron chi connectivity index (χ3n) is 5.31. The van der Waals surface area contributed by atoms with Crippen molar-refractivity contribution in [2.24, 2.45) is 0 Å². The Morgan fingerprint density at radius 3 is 2.50 bits per heavy atom. The van der Waals surface area contributed by atoms with E-state index in [-0.39, 0.29) is 10.8 Å². The second kappa shape index (κ2) is 8.55. The lowest BCUT2D eigenvalue weighted by Crippen LogP contribution is -2.41. The van der Waals surface area contributed by atoms with Crippen molar-refractivity contribution in [3.05, 3.63) is 77.4 Å². The first kappa shape index (κ1) is 20.5. The minimum atomic E-state index is -3.67. The Hall–Kier alpha value is -2.74. The number of carbonyl (C=O) groups is 1. The maximum atomic E-state index is 13.0. The van der Waals surface area contributed by atoms with Crippen LogP contribution in [-0.4, -0.2) is 44.9 Å². The molecule has 1 fully saturated rings. The van der Waals surface area contributed by atoms with Crippen LogP contribution in [0.25, 0.3) is 10.8 Å². The van der Waals surface area contributed by atoms with E-state index in [2.05, 4.69) is 5.32 Å². The van der Waals surface area contributed by atoms with E-state index in [1.54, 1.807) is 19.1 Å². The second-order valence-electron chi connectivity index (χ2n) is 7.36. The number of hydrogen-bond acceptors (Lipinski definition) is 4. The van der Waals surface area contributed by atoms with Gasteiger partial charge in [0.2, 0.25) is 10.0 Å². The number of aryl methyl sites for hydroxylation is 1. The summed E-state index contributed by atoms with van der Waals surface area (Å²) < 4.78 is 32.7. The SMILES string of the molecule is Cc1ccc(C(=O)NCc2ccc3ccccc3c2)cc1S(=O)(=O)N1CCOCC1. The van der Waals surface area contributed by atoms with Gasteiger partial charge in [0.1, 0.15) is 0 Å². The van der Waals surface area contributed by atoms with Crippen molar-refractivity contribution in [3.8, 4) is 0 Å². The van der Waals surface area contributed by atoms with Crippen molar-refractivity contribution >= 4 is 26.7 Å². The summed E-state index contributed by atoms with van der Waals surface area (Å²) in [6.45, 7) is 3.50. The third-order valence-corrected chi connectivity index (χ3v) is 7.35. The zero-order chi connectivity index (χ0) is 21.1. The van der Waals surface area contributed by atoms with Crippen LogP contribution in [0.5, 0.6) is 0 Å². The Labute approximate surface area is 176 Å². The topological polar surface area (TPSA) is 75.7 Å². The Balaban J connectivity index is 1.52. The number of ether oxygens (including phenoxy) is 1. The fourth-order valence-corrected chi connectivity index (χ4v) is 5.24. The minimum absolute atomic E-state index is 0.169. The molecule has 0 bridgehead atoms. The highest BCUT2D eigenvalue weighted by atomic mass is 32.2. The fourth-order valence-electron chi connectivity index (χ4n) is 3.58. The van der Waals surface area contributed by atoms with Gasteiger partial charge in [-0.3, -0.25) is 4.79 Å². The van der Waals surface area contributed by atoms with E-state index in [9.17, 15) is 13.2 Å². The van der Waals surface area contributed by atoms with E-state index in [0.717, 1.165) is 16.3 Å². The smallest absolute Gasteiger partial charge is 0.251 e. The van der Waals surface area contributed by atoms with Crippen molar-refractivity contribution in [2.75, 3.05) is 26.3 Å². The number of fused-ring (bicyclic) bond motifs is 1. The monoisotopic (exact) mass is 424 g/mol. The van der Waals surface area contributed by atoms with Crippen LogP contribution in [0.1, 0.15) is 21.5 Å². The summed E-state index contributed by atoms with van der Waals surface area (Å²) in [4.78, 5) is 12.9. The molecular weight excluding hydrogens is 400 g/mol. The quantitative estimate of drug-likeness (QED) is 0.683. The van der Waals surface area contributed by atoms with Crippen LogP contribution in [0.4, 0.5) is 0 Å². The number of benzene rings is 3. The van der Waals surface area contributed by atoms with Crippen molar-refractivity contribution in [2.45, 2.75) is 18.4 Å². The molecule has 30 heavy (non-hydrogen) atoms. The molecule has 3 aromatic carbocycles. The van der Waals surface area contributed by atoms with E-state index < -0.39 is 10.0 Å². The van der Waals surface area contributed by atoms with Crippen molar-refractivity contribution < 1.29 is 17.9 Å². The lowest BCUT2D eigenvalue weighted by atomic mass is 10.1. The molecule has 1 heterocycles. The van der Waals surface area contributed by atoms with E-state index >= 15 is 0 Å². The van der Waals surface area contributed by atoms with E-state index in [1.807, 2.05) is 42.5 Å². The summed E-state index contributed by atoms with van der Waals surface area (Å²) in [6.07, 6.45) is 0. The molecule has 1 aliphatic rings. The molecule has 0 radical (unpaired) electrons. The van der Waals surface area contributed by atoms with Crippen LogP contribution in [0.15, 0.2) is 65.6 Å². The Morgan fingerprint density at radius 1 is 1.00 bits per heavy atom. The molecule has 1 amide bonds. The molecule has 4 rings (SSSR count). The van der Waals surface area contributed by atoms with E-state index in [0.29, 0.717) is 44.0 Å². The van der Waals surface area contributed by atoms with Gasteiger partial charge in [-0.05, 0) is 47.0 Å². The van der Waals surface area contributed by atoms with Crippen molar-refractivity contribution in [3.63, 3.8) is 0 Å². The van der Waals surface area contributed by atoms with Gasteiger partial charge in [-0.25, -0.2) is 8.42 Å². The number of rotatable bonds is 5. The molecule has 0 unspecified atom stereocenters. The molecule has 3 aromatic rings. The highest BCUT2D eigenvalue weighted by Crippen LogP contribution is 2.22. The largest absolute Gasteiger partial charge is 0.379 e. The van der Waals surface area contributed by atoms with Crippen molar-refractivity contribution in [1.29, 1.82) is 0 Å². The standard InChI is InChI=1S/C23H24N2O4S/c1-17-6-8-21(15-22(17)30(27,28)25-10-12-29-13-11-25)23(26)24-16-18-7-9-19-4-2-3-5-20(19)14-18/h2-9,14-15H,10-13,16H2,1H3,(H,24,26). The van der Waals surface area contributed by atoms with Crippen LogP contribution in [0.3, 0.4) is 0 Å². The summed E-state index contributed by atoms with van der Waals surface area (Å²) in [6, 6.07) is 18.9. The van der Waals surface area contributed by atoms with E-state index in [4.69, 9.17) is 4.74 Å². The minimum Gasteiger partial charge on any atom is -0.379 e. The molecule has 1 N–H and O–H groups in total. The maximum Gasteiger partial charge on any atom is 0.251 e. The predicted molar refractivity (Wildman–Crippen MR) is 116 cm³/mol. The zero-order valence-corrected chi connectivity index (χ0v) is 17.6. The van der Waals surface area contributed by atoms with Gasteiger partial charge in [-0.1, -0.05) is 42.5 Å². The molecule has 6 nitrogen and oxygen atoms in total. The number of nitrogens with one attached hydrogen (secondary N) is 1.